The van der Waals surface area contributed by atoms with Gasteiger partial charge in [0.15, 0.2) is 5.82 Å². The first-order chi connectivity index (χ1) is 7.88. The van der Waals surface area contributed by atoms with Crippen LogP contribution in [0.2, 0.25) is 0 Å². The minimum absolute atomic E-state index is 0.0207. The number of aromatic amines is 1. The van der Waals surface area contributed by atoms with Gasteiger partial charge in [0.05, 0.1) is 5.60 Å². The van der Waals surface area contributed by atoms with Crippen LogP contribution in [-0.2, 0) is 9.53 Å². The average Bonchev–Trinajstić information content (AvgIpc) is 2.75. The summed E-state index contributed by atoms with van der Waals surface area (Å²) in [5, 5.41) is 16.3. The van der Waals surface area contributed by atoms with Crippen LogP contribution in [0.3, 0.4) is 0 Å². The molecule has 17 heavy (non-hydrogen) atoms. The van der Waals surface area contributed by atoms with Crippen LogP contribution in [0, 0.1) is 0 Å². The first-order valence-electron chi connectivity index (χ1n) is 5.52. The summed E-state index contributed by atoms with van der Waals surface area (Å²) in [6.07, 6.45) is 0. The van der Waals surface area contributed by atoms with E-state index in [1.807, 2.05) is 27.7 Å². The molecule has 2 N–H and O–H groups in total. The van der Waals surface area contributed by atoms with Gasteiger partial charge in [0, 0.05) is 12.5 Å². The Balaban J connectivity index is 2.24. The molecule has 0 unspecified atom stereocenters. The molecule has 1 heterocycles. The molecule has 1 aromatic heterocycles. The van der Waals surface area contributed by atoms with Gasteiger partial charge in [-0.05, 0) is 20.8 Å². The van der Waals surface area contributed by atoms with Crippen molar-refractivity contribution in [3.05, 3.63) is 5.82 Å². The van der Waals surface area contributed by atoms with Gasteiger partial charge in [-0.15, -0.1) is 10.2 Å². The second-order valence-electron chi connectivity index (χ2n) is 4.88. The van der Waals surface area contributed by atoms with Gasteiger partial charge in [-0.25, -0.2) is 0 Å². The van der Waals surface area contributed by atoms with E-state index in [0.717, 1.165) is 0 Å². The number of tetrazole rings is 1. The van der Waals surface area contributed by atoms with E-state index in [1.165, 1.54) is 0 Å². The summed E-state index contributed by atoms with van der Waals surface area (Å²) >= 11 is 0. The molecule has 1 atom stereocenters. The molecule has 1 aromatic rings. The first-order valence-corrected chi connectivity index (χ1v) is 5.52. The molecule has 7 heteroatoms. The standard InChI is InChI=1S/C10H19N5O2/c1-7(9-12-14-15-13-9)5-11-8(16)6-17-10(2,3)4/h7H,5-6H2,1-4H3,(H,11,16)(H,12,13,14,15)/t7-/m1/s1. The molecule has 0 fully saturated rings. The highest BCUT2D eigenvalue weighted by molar-refractivity contribution is 5.77. The lowest BCUT2D eigenvalue weighted by molar-refractivity contribution is -0.130. The van der Waals surface area contributed by atoms with Crippen molar-refractivity contribution < 1.29 is 9.53 Å². The number of amides is 1. The summed E-state index contributed by atoms with van der Waals surface area (Å²) in [6, 6.07) is 0. The van der Waals surface area contributed by atoms with E-state index in [0.29, 0.717) is 12.4 Å². The molecular weight excluding hydrogens is 222 g/mol. The third-order valence-electron chi connectivity index (χ3n) is 2.04. The largest absolute Gasteiger partial charge is 0.366 e. The molecule has 1 rings (SSSR count). The van der Waals surface area contributed by atoms with Gasteiger partial charge in [-0.1, -0.05) is 12.1 Å². The molecule has 0 aliphatic rings. The van der Waals surface area contributed by atoms with Gasteiger partial charge in [0.25, 0.3) is 0 Å². The van der Waals surface area contributed by atoms with Crippen molar-refractivity contribution in [3.63, 3.8) is 0 Å². The van der Waals surface area contributed by atoms with Crippen molar-refractivity contribution in [3.8, 4) is 0 Å². The maximum absolute atomic E-state index is 11.5. The quantitative estimate of drug-likeness (QED) is 0.770. The van der Waals surface area contributed by atoms with E-state index < -0.39 is 0 Å². The normalized spacial score (nSPS) is 13.4. The van der Waals surface area contributed by atoms with Gasteiger partial charge < -0.3 is 10.1 Å². The van der Waals surface area contributed by atoms with Gasteiger partial charge in [-0.2, -0.15) is 5.21 Å². The fraction of sp³-hybridized carbons (Fsp3) is 0.800. The molecule has 0 aromatic carbocycles. The van der Waals surface area contributed by atoms with Crippen LogP contribution in [0.4, 0.5) is 0 Å². The van der Waals surface area contributed by atoms with E-state index in [4.69, 9.17) is 4.74 Å². The number of hydrogen-bond donors (Lipinski definition) is 2. The van der Waals surface area contributed by atoms with Crippen molar-refractivity contribution in [1.82, 2.24) is 25.9 Å². The van der Waals surface area contributed by atoms with E-state index in [2.05, 4.69) is 25.9 Å². The molecule has 0 radical (unpaired) electrons. The van der Waals surface area contributed by atoms with Gasteiger partial charge in [0.2, 0.25) is 5.91 Å². The Morgan fingerprint density at radius 3 is 2.76 bits per heavy atom. The molecule has 0 aliphatic heterocycles. The third kappa shape index (κ3) is 5.39. The number of rotatable bonds is 5. The predicted octanol–water partition coefficient (Wildman–Crippen LogP) is 0.234. The summed E-state index contributed by atoms with van der Waals surface area (Å²) in [7, 11) is 0. The molecule has 0 saturated carbocycles. The van der Waals surface area contributed by atoms with Crippen molar-refractivity contribution in [2.24, 2.45) is 0 Å². The zero-order valence-electron chi connectivity index (χ0n) is 10.6. The molecule has 0 spiro atoms. The topological polar surface area (TPSA) is 92.8 Å². The zero-order valence-corrected chi connectivity index (χ0v) is 10.6. The zero-order chi connectivity index (χ0) is 12.9. The predicted molar refractivity (Wildman–Crippen MR) is 61.3 cm³/mol. The monoisotopic (exact) mass is 241 g/mol. The third-order valence-corrected chi connectivity index (χ3v) is 2.04. The highest BCUT2D eigenvalue weighted by atomic mass is 16.5. The highest BCUT2D eigenvalue weighted by Crippen LogP contribution is 2.07. The van der Waals surface area contributed by atoms with Crippen LogP contribution in [0.15, 0.2) is 0 Å². The van der Waals surface area contributed by atoms with Crippen LogP contribution in [0.25, 0.3) is 0 Å². The molecule has 7 nitrogen and oxygen atoms in total. The fourth-order valence-electron chi connectivity index (χ4n) is 1.07. The van der Waals surface area contributed by atoms with Crippen LogP contribution < -0.4 is 5.32 Å². The minimum atomic E-state index is -0.309. The van der Waals surface area contributed by atoms with Crippen LogP contribution in [-0.4, -0.2) is 45.3 Å². The van der Waals surface area contributed by atoms with E-state index in [-0.39, 0.29) is 24.0 Å². The Kier molecular flexibility index (Phi) is 4.56. The van der Waals surface area contributed by atoms with Crippen molar-refractivity contribution in [1.29, 1.82) is 0 Å². The number of carbonyl (C=O) groups excluding carboxylic acids is 1. The summed E-state index contributed by atoms with van der Waals surface area (Å²) < 4.78 is 5.35. The molecule has 0 aliphatic carbocycles. The summed E-state index contributed by atoms with van der Waals surface area (Å²) in [6.45, 7) is 8.15. The maximum Gasteiger partial charge on any atom is 0.246 e. The van der Waals surface area contributed by atoms with E-state index >= 15 is 0 Å². The molecule has 0 saturated heterocycles. The number of nitrogens with zero attached hydrogens (tertiary/aromatic N) is 3. The van der Waals surface area contributed by atoms with Crippen LogP contribution >= 0.6 is 0 Å². The van der Waals surface area contributed by atoms with Crippen molar-refractivity contribution >= 4 is 5.91 Å². The van der Waals surface area contributed by atoms with Crippen molar-refractivity contribution in [2.75, 3.05) is 13.2 Å². The molecule has 1 amide bonds. The van der Waals surface area contributed by atoms with Gasteiger partial charge in [-0.3, -0.25) is 4.79 Å². The lowest BCUT2D eigenvalue weighted by atomic mass is 10.1. The number of ether oxygens (including phenoxy) is 1. The van der Waals surface area contributed by atoms with Crippen LogP contribution in [0.5, 0.6) is 0 Å². The second-order valence-corrected chi connectivity index (χ2v) is 4.88. The molecular formula is C10H19N5O2. The van der Waals surface area contributed by atoms with Crippen molar-refractivity contribution in [2.45, 2.75) is 39.2 Å². The second kappa shape index (κ2) is 5.72. The first kappa shape index (κ1) is 13.6. The number of H-pyrrole nitrogens is 1. The van der Waals surface area contributed by atoms with Crippen LogP contribution in [0.1, 0.15) is 39.4 Å². The van der Waals surface area contributed by atoms with Gasteiger partial charge in [0.1, 0.15) is 6.61 Å². The molecule has 96 valence electrons. The number of nitrogens with one attached hydrogen (secondary N) is 2. The number of carbonyl (C=O) groups is 1. The Morgan fingerprint density at radius 1 is 1.53 bits per heavy atom. The van der Waals surface area contributed by atoms with E-state index in [1.54, 1.807) is 0 Å². The Labute approximate surface area is 100 Å². The Morgan fingerprint density at radius 2 is 2.24 bits per heavy atom. The SMILES string of the molecule is C[C@H](CNC(=O)COC(C)(C)C)c1nn[nH]n1. The van der Waals surface area contributed by atoms with E-state index in [9.17, 15) is 4.79 Å². The average molecular weight is 241 g/mol. The summed E-state index contributed by atoms with van der Waals surface area (Å²) in [5.74, 6) is 0.463. The lowest BCUT2D eigenvalue weighted by Gasteiger charge is -2.19. The fourth-order valence-corrected chi connectivity index (χ4v) is 1.07. The lowest BCUT2D eigenvalue weighted by Crippen LogP contribution is -2.34. The summed E-state index contributed by atoms with van der Waals surface area (Å²) in [4.78, 5) is 11.5. The summed E-state index contributed by atoms with van der Waals surface area (Å²) in [5.41, 5.74) is -0.309. The molecule has 0 bridgehead atoms. The Bertz CT molecular complexity index is 344. The smallest absolute Gasteiger partial charge is 0.246 e. The Hall–Kier alpha value is -1.50. The number of hydrogen-bond acceptors (Lipinski definition) is 5. The minimum Gasteiger partial charge on any atom is -0.366 e. The highest BCUT2D eigenvalue weighted by Gasteiger charge is 2.15. The number of aromatic nitrogens is 4. The van der Waals surface area contributed by atoms with Gasteiger partial charge >= 0.3 is 0 Å². The maximum atomic E-state index is 11.5.